The smallest absolute Gasteiger partial charge is 0.180 e. The van der Waals surface area contributed by atoms with Gasteiger partial charge in [-0.1, -0.05) is 37.6 Å². The molecule has 6 heteroatoms. The van der Waals surface area contributed by atoms with E-state index in [0.29, 0.717) is 30.4 Å². The number of aromatic nitrogens is 3. The van der Waals surface area contributed by atoms with Crippen LogP contribution in [0.3, 0.4) is 0 Å². The number of hydrogen-bond acceptors (Lipinski definition) is 6. The SMILES string of the molecule is CCC[C@@H](CCO)Nc1nc(C)ncc1OCc1cc2ccccc2cn1. The molecule has 27 heavy (non-hydrogen) atoms. The topological polar surface area (TPSA) is 80.2 Å². The number of anilines is 1. The maximum absolute atomic E-state index is 9.29. The van der Waals surface area contributed by atoms with Crippen LogP contribution in [0.25, 0.3) is 10.8 Å². The van der Waals surface area contributed by atoms with Crippen molar-refractivity contribution in [3.05, 3.63) is 54.2 Å². The average molecular weight is 366 g/mol. The molecule has 2 aromatic heterocycles. The van der Waals surface area contributed by atoms with E-state index in [1.807, 2.05) is 37.4 Å². The predicted octanol–water partition coefficient (Wildman–Crippen LogP) is 3.88. The molecule has 2 N–H and O–H groups in total. The third-order valence-electron chi connectivity index (χ3n) is 4.39. The second-order valence-corrected chi connectivity index (χ2v) is 6.58. The molecule has 0 bridgehead atoms. The van der Waals surface area contributed by atoms with Crippen LogP contribution in [0, 0.1) is 6.92 Å². The number of nitrogens with one attached hydrogen (secondary N) is 1. The lowest BCUT2D eigenvalue weighted by atomic mass is 10.1. The van der Waals surface area contributed by atoms with E-state index in [-0.39, 0.29) is 12.6 Å². The Hall–Kier alpha value is -2.73. The van der Waals surface area contributed by atoms with E-state index >= 15 is 0 Å². The summed E-state index contributed by atoms with van der Waals surface area (Å²) in [5.74, 6) is 1.93. The van der Waals surface area contributed by atoms with E-state index in [2.05, 4.69) is 33.3 Å². The van der Waals surface area contributed by atoms with Crippen molar-refractivity contribution in [3.8, 4) is 5.75 Å². The number of aliphatic hydroxyl groups excluding tert-OH is 1. The van der Waals surface area contributed by atoms with Crippen molar-refractivity contribution in [1.29, 1.82) is 0 Å². The van der Waals surface area contributed by atoms with Gasteiger partial charge in [0.15, 0.2) is 11.6 Å². The van der Waals surface area contributed by atoms with Crippen molar-refractivity contribution in [2.45, 2.75) is 45.8 Å². The van der Waals surface area contributed by atoms with Gasteiger partial charge in [0.2, 0.25) is 0 Å². The van der Waals surface area contributed by atoms with Crippen LogP contribution in [0.1, 0.15) is 37.7 Å². The first kappa shape index (κ1) is 19.0. The second kappa shape index (κ2) is 9.28. The summed E-state index contributed by atoms with van der Waals surface area (Å²) in [6.45, 7) is 4.45. The molecule has 1 atom stereocenters. The first-order valence-electron chi connectivity index (χ1n) is 9.37. The van der Waals surface area contributed by atoms with Crippen LogP contribution in [0.4, 0.5) is 5.82 Å². The molecule has 2 heterocycles. The molecule has 0 aliphatic rings. The lowest BCUT2D eigenvalue weighted by Crippen LogP contribution is -2.22. The molecular weight excluding hydrogens is 340 g/mol. The molecule has 0 saturated carbocycles. The highest BCUT2D eigenvalue weighted by atomic mass is 16.5. The molecule has 0 saturated heterocycles. The molecule has 0 fully saturated rings. The van der Waals surface area contributed by atoms with Crippen LogP contribution >= 0.6 is 0 Å². The average Bonchev–Trinajstić information content (AvgIpc) is 2.67. The molecule has 6 nitrogen and oxygen atoms in total. The first-order valence-corrected chi connectivity index (χ1v) is 9.37. The molecule has 0 radical (unpaired) electrons. The zero-order valence-corrected chi connectivity index (χ0v) is 15.9. The van der Waals surface area contributed by atoms with Gasteiger partial charge in [0.25, 0.3) is 0 Å². The Kier molecular flexibility index (Phi) is 6.54. The Morgan fingerprint density at radius 3 is 2.70 bits per heavy atom. The molecule has 0 aliphatic carbocycles. The minimum Gasteiger partial charge on any atom is -0.482 e. The van der Waals surface area contributed by atoms with Gasteiger partial charge in [-0.3, -0.25) is 4.98 Å². The van der Waals surface area contributed by atoms with E-state index in [0.717, 1.165) is 29.3 Å². The van der Waals surface area contributed by atoms with Crippen LogP contribution in [0.15, 0.2) is 42.7 Å². The summed E-state index contributed by atoms with van der Waals surface area (Å²) in [5.41, 5.74) is 0.848. The zero-order chi connectivity index (χ0) is 19.1. The van der Waals surface area contributed by atoms with Crippen LogP contribution in [0.2, 0.25) is 0 Å². The number of fused-ring (bicyclic) bond motifs is 1. The molecule has 0 amide bonds. The second-order valence-electron chi connectivity index (χ2n) is 6.58. The van der Waals surface area contributed by atoms with Gasteiger partial charge >= 0.3 is 0 Å². The fourth-order valence-corrected chi connectivity index (χ4v) is 3.01. The highest BCUT2D eigenvalue weighted by molar-refractivity contribution is 5.81. The lowest BCUT2D eigenvalue weighted by Gasteiger charge is -2.20. The number of benzene rings is 1. The van der Waals surface area contributed by atoms with Gasteiger partial charge in [0.1, 0.15) is 12.4 Å². The quantitative estimate of drug-likeness (QED) is 0.598. The summed E-state index contributed by atoms with van der Waals surface area (Å²) in [7, 11) is 0. The number of aryl methyl sites for hydroxylation is 1. The van der Waals surface area contributed by atoms with Crippen molar-refractivity contribution in [1.82, 2.24) is 15.0 Å². The monoisotopic (exact) mass is 366 g/mol. The Morgan fingerprint density at radius 1 is 1.11 bits per heavy atom. The van der Waals surface area contributed by atoms with Gasteiger partial charge in [-0.15, -0.1) is 0 Å². The number of aliphatic hydroxyl groups is 1. The van der Waals surface area contributed by atoms with Gasteiger partial charge in [0, 0.05) is 24.2 Å². The Morgan fingerprint density at radius 2 is 1.93 bits per heavy atom. The fraction of sp³-hybridized carbons (Fsp3) is 0.381. The molecule has 3 aromatic rings. The predicted molar refractivity (Wildman–Crippen MR) is 107 cm³/mol. The van der Waals surface area contributed by atoms with Crippen LogP contribution in [-0.4, -0.2) is 32.7 Å². The normalized spacial score (nSPS) is 12.1. The minimum atomic E-state index is 0.138. The third kappa shape index (κ3) is 5.14. The Labute approximate surface area is 159 Å². The molecule has 0 aliphatic heterocycles. The van der Waals surface area contributed by atoms with Crippen molar-refractivity contribution < 1.29 is 9.84 Å². The van der Waals surface area contributed by atoms with E-state index in [4.69, 9.17) is 4.74 Å². The molecular formula is C21H26N4O2. The van der Waals surface area contributed by atoms with Crippen molar-refractivity contribution >= 4 is 16.6 Å². The van der Waals surface area contributed by atoms with Gasteiger partial charge in [-0.2, -0.15) is 0 Å². The largest absolute Gasteiger partial charge is 0.482 e. The molecule has 142 valence electrons. The van der Waals surface area contributed by atoms with E-state index < -0.39 is 0 Å². The fourth-order valence-electron chi connectivity index (χ4n) is 3.01. The van der Waals surface area contributed by atoms with Crippen LogP contribution in [0.5, 0.6) is 5.75 Å². The van der Waals surface area contributed by atoms with Crippen molar-refractivity contribution in [2.24, 2.45) is 0 Å². The summed E-state index contributed by atoms with van der Waals surface area (Å²) in [4.78, 5) is 13.2. The molecule has 3 rings (SSSR count). The van der Waals surface area contributed by atoms with E-state index in [1.54, 1.807) is 6.20 Å². The highest BCUT2D eigenvalue weighted by Gasteiger charge is 2.13. The maximum Gasteiger partial charge on any atom is 0.180 e. The van der Waals surface area contributed by atoms with Crippen molar-refractivity contribution in [3.63, 3.8) is 0 Å². The van der Waals surface area contributed by atoms with Crippen LogP contribution in [-0.2, 0) is 6.61 Å². The number of pyridine rings is 1. The van der Waals surface area contributed by atoms with Gasteiger partial charge < -0.3 is 15.2 Å². The van der Waals surface area contributed by atoms with E-state index in [1.165, 1.54) is 0 Å². The highest BCUT2D eigenvalue weighted by Crippen LogP contribution is 2.24. The summed E-state index contributed by atoms with van der Waals surface area (Å²) in [6, 6.07) is 10.3. The number of ether oxygens (including phenoxy) is 1. The number of nitrogens with zero attached hydrogens (tertiary/aromatic N) is 3. The third-order valence-corrected chi connectivity index (χ3v) is 4.39. The summed E-state index contributed by atoms with van der Waals surface area (Å²) in [5, 5.41) is 14.9. The van der Waals surface area contributed by atoms with E-state index in [9.17, 15) is 5.11 Å². The van der Waals surface area contributed by atoms with Crippen molar-refractivity contribution in [2.75, 3.05) is 11.9 Å². The van der Waals surface area contributed by atoms with Crippen LogP contribution < -0.4 is 10.1 Å². The minimum absolute atomic E-state index is 0.138. The summed E-state index contributed by atoms with van der Waals surface area (Å²) < 4.78 is 5.97. The summed E-state index contributed by atoms with van der Waals surface area (Å²) in [6.07, 6.45) is 6.20. The molecule has 0 spiro atoms. The molecule has 1 aromatic carbocycles. The van der Waals surface area contributed by atoms with Gasteiger partial charge in [-0.05, 0) is 31.2 Å². The number of rotatable bonds is 9. The first-order chi connectivity index (χ1) is 13.2. The zero-order valence-electron chi connectivity index (χ0n) is 15.9. The number of hydrogen-bond donors (Lipinski definition) is 2. The van der Waals surface area contributed by atoms with Gasteiger partial charge in [-0.25, -0.2) is 9.97 Å². The Bertz CT molecular complexity index is 879. The summed E-state index contributed by atoms with van der Waals surface area (Å²) >= 11 is 0. The van der Waals surface area contributed by atoms with Gasteiger partial charge in [0.05, 0.1) is 11.9 Å². The maximum atomic E-state index is 9.29. The lowest BCUT2D eigenvalue weighted by molar-refractivity contribution is 0.275. The standard InChI is InChI=1S/C21H26N4O2/c1-3-6-18(9-10-26)25-21-20(13-22-15(2)24-21)27-14-19-11-16-7-4-5-8-17(16)12-23-19/h4-5,7-8,11-13,18,26H,3,6,9-10,14H2,1-2H3,(H,22,24,25)/t18-/m0/s1. The Balaban J connectivity index is 1.75. The molecule has 0 unspecified atom stereocenters.